The van der Waals surface area contributed by atoms with Gasteiger partial charge in [0.1, 0.15) is 17.8 Å². The first-order valence-corrected chi connectivity index (χ1v) is 9.71. The van der Waals surface area contributed by atoms with E-state index in [0.717, 1.165) is 0 Å². The number of amides is 1. The van der Waals surface area contributed by atoms with E-state index in [1.54, 1.807) is 35.0 Å². The number of fused-ring (bicyclic) bond motifs is 1. The molecule has 1 saturated heterocycles. The number of rotatable bonds is 3. The van der Waals surface area contributed by atoms with E-state index in [1.807, 2.05) is 0 Å². The fourth-order valence-corrected chi connectivity index (χ4v) is 3.75. The number of nitrogens with zero attached hydrogens (tertiary/aromatic N) is 5. The van der Waals surface area contributed by atoms with Crippen LogP contribution in [0.15, 0.2) is 49.1 Å². The summed E-state index contributed by atoms with van der Waals surface area (Å²) in [4.78, 5) is 22.5. The number of pyridine rings is 1. The van der Waals surface area contributed by atoms with Gasteiger partial charge in [-0.25, -0.2) is 23.1 Å². The summed E-state index contributed by atoms with van der Waals surface area (Å²) >= 11 is 0. The summed E-state index contributed by atoms with van der Waals surface area (Å²) in [7, 11) is 0. The molecule has 0 saturated carbocycles. The van der Waals surface area contributed by atoms with Gasteiger partial charge in [0.25, 0.3) is 11.8 Å². The lowest BCUT2D eigenvalue weighted by molar-refractivity contribution is -0.0494. The Morgan fingerprint density at radius 2 is 1.90 bits per heavy atom. The van der Waals surface area contributed by atoms with Crippen LogP contribution in [0, 0.1) is 5.82 Å². The first kappa shape index (κ1) is 19.3. The summed E-state index contributed by atoms with van der Waals surface area (Å²) in [6.45, 7) is 0.0311. The van der Waals surface area contributed by atoms with Crippen molar-refractivity contribution >= 4 is 16.9 Å². The number of aromatic amines is 1. The summed E-state index contributed by atoms with van der Waals surface area (Å²) in [5.41, 5.74) is 1.74. The lowest BCUT2D eigenvalue weighted by atomic mass is 10.1. The highest BCUT2D eigenvalue weighted by Gasteiger charge is 2.35. The van der Waals surface area contributed by atoms with Gasteiger partial charge < -0.3 is 9.47 Å². The first-order chi connectivity index (χ1) is 14.9. The minimum atomic E-state index is -2.71. The van der Waals surface area contributed by atoms with E-state index in [1.165, 1.54) is 23.5 Å². The number of carbonyl (C=O) groups excluding carboxylic acids is 1. The van der Waals surface area contributed by atoms with Crippen LogP contribution in [0.1, 0.15) is 23.2 Å². The highest BCUT2D eigenvalue weighted by molar-refractivity contribution is 5.97. The molecular formula is C21H17F3N6O. The van der Waals surface area contributed by atoms with E-state index in [-0.39, 0.29) is 31.8 Å². The molecule has 0 atom stereocenters. The van der Waals surface area contributed by atoms with E-state index >= 15 is 0 Å². The van der Waals surface area contributed by atoms with Gasteiger partial charge in [-0.3, -0.25) is 9.89 Å². The maximum atomic E-state index is 14.6. The van der Waals surface area contributed by atoms with Crippen molar-refractivity contribution in [1.82, 2.24) is 29.6 Å². The molecule has 1 aliphatic heterocycles. The molecule has 5 rings (SSSR count). The molecule has 1 N–H and O–H groups in total. The second-order valence-corrected chi connectivity index (χ2v) is 7.47. The number of carbonyl (C=O) groups is 1. The summed E-state index contributed by atoms with van der Waals surface area (Å²) < 4.78 is 43.0. The second-order valence-electron chi connectivity index (χ2n) is 7.47. The summed E-state index contributed by atoms with van der Waals surface area (Å²) in [5, 5.41) is 7.05. The maximum absolute atomic E-state index is 14.6. The zero-order valence-electron chi connectivity index (χ0n) is 16.2. The number of likely N-dealkylation sites (tertiary alicyclic amines) is 1. The van der Waals surface area contributed by atoms with Crippen LogP contribution in [0.4, 0.5) is 13.2 Å². The number of alkyl halides is 2. The van der Waals surface area contributed by atoms with E-state index in [2.05, 4.69) is 20.2 Å². The van der Waals surface area contributed by atoms with E-state index < -0.39 is 11.7 Å². The molecule has 10 heteroatoms. The molecular weight excluding hydrogens is 409 g/mol. The van der Waals surface area contributed by atoms with Crippen LogP contribution < -0.4 is 0 Å². The SMILES string of the molecule is O=C(c1cnc2c(ccn2-c2ccc(-c3ncn[nH]3)c(F)c2)c1)N1CCC(F)(F)CC1. The van der Waals surface area contributed by atoms with Crippen molar-refractivity contribution in [3.05, 3.63) is 60.4 Å². The fourth-order valence-electron chi connectivity index (χ4n) is 3.75. The van der Waals surface area contributed by atoms with Crippen molar-refractivity contribution in [3.63, 3.8) is 0 Å². The standard InChI is InChI=1S/C21H17F3N6O/c22-17-10-15(1-2-16(17)18-26-12-27-28-18)30-6-3-13-9-14(11-25-19(13)30)20(31)29-7-4-21(23,24)5-8-29/h1-3,6,9-12H,4-5,7-8H2,(H,26,27,28). The van der Waals surface area contributed by atoms with Crippen LogP contribution in [-0.2, 0) is 0 Å². The number of hydrogen-bond donors (Lipinski definition) is 1. The summed E-state index contributed by atoms with van der Waals surface area (Å²) in [5.74, 6) is -3.17. The van der Waals surface area contributed by atoms with Gasteiger partial charge in [0.15, 0.2) is 5.82 Å². The Kier molecular flexibility index (Phi) is 4.49. The molecule has 1 aliphatic rings. The quantitative estimate of drug-likeness (QED) is 0.540. The molecule has 0 bridgehead atoms. The van der Waals surface area contributed by atoms with Gasteiger partial charge >= 0.3 is 0 Å². The van der Waals surface area contributed by atoms with Gasteiger partial charge in [-0.05, 0) is 30.3 Å². The molecule has 3 aromatic heterocycles. The van der Waals surface area contributed by atoms with Crippen LogP contribution in [0.25, 0.3) is 28.1 Å². The van der Waals surface area contributed by atoms with E-state index in [4.69, 9.17) is 0 Å². The average Bonchev–Trinajstić information content (AvgIpc) is 3.43. The van der Waals surface area contributed by atoms with Gasteiger partial charge in [-0.15, -0.1) is 0 Å². The van der Waals surface area contributed by atoms with Crippen LogP contribution in [0.3, 0.4) is 0 Å². The summed E-state index contributed by atoms with van der Waals surface area (Å²) in [6, 6.07) is 8.14. The Morgan fingerprint density at radius 1 is 1.10 bits per heavy atom. The Morgan fingerprint density at radius 3 is 2.61 bits per heavy atom. The molecule has 0 unspecified atom stereocenters. The lowest BCUT2D eigenvalue weighted by Crippen LogP contribution is -2.42. The van der Waals surface area contributed by atoms with Crippen molar-refractivity contribution < 1.29 is 18.0 Å². The number of benzene rings is 1. The summed E-state index contributed by atoms with van der Waals surface area (Å²) in [6.07, 6.45) is 3.80. The molecule has 0 spiro atoms. The number of halogens is 3. The molecule has 0 aliphatic carbocycles. The van der Waals surface area contributed by atoms with E-state index in [9.17, 15) is 18.0 Å². The van der Waals surface area contributed by atoms with Gasteiger partial charge in [-0.2, -0.15) is 5.10 Å². The molecule has 4 heterocycles. The predicted octanol–water partition coefficient (Wildman–Crippen LogP) is 3.82. The average molecular weight is 426 g/mol. The maximum Gasteiger partial charge on any atom is 0.255 e. The Hall–Kier alpha value is -3.69. The Balaban J connectivity index is 1.42. The number of nitrogens with one attached hydrogen (secondary N) is 1. The minimum Gasteiger partial charge on any atom is -0.338 e. The van der Waals surface area contributed by atoms with Crippen molar-refractivity contribution in [2.24, 2.45) is 0 Å². The Bertz CT molecular complexity index is 1260. The number of aromatic nitrogens is 5. The molecule has 1 amide bonds. The topological polar surface area (TPSA) is 79.7 Å². The largest absolute Gasteiger partial charge is 0.338 e. The second kappa shape index (κ2) is 7.22. The van der Waals surface area contributed by atoms with Gasteiger partial charge in [0, 0.05) is 49.4 Å². The highest BCUT2D eigenvalue weighted by Crippen LogP contribution is 2.29. The van der Waals surface area contributed by atoms with Crippen LogP contribution >= 0.6 is 0 Å². The van der Waals surface area contributed by atoms with Crippen molar-refractivity contribution in [2.45, 2.75) is 18.8 Å². The third-order valence-corrected chi connectivity index (χ3v) is 5.46. The van der Waals surface area contributed by atoms with Gasteiger partial charge in [-0.1, -0.05) is 0 Å². The molecule has 1 fully saturated rings. The van der Waals surface area contributed by atoms with Crippen molar-refractivity contribution in [2.75, 3.05) is 13.1 Å². The zero-order valence-corrected chi connectivity index (χ0v) is 16.2. The molecule has 31 heavy (non-hydrogen) atoms. The molecule has 7 nitrogen and oxygen atoms in total. The zero-order chi connectivity index (χ0) is 21.6. The molecule has 158 valence electrons. The minimum absolute atomic E-state index is 0.0156. The smallest absolute Gasteiger partial charge is 0.255 e. The van der Waals surface area contributed by atoms with E-state index in [0.29, 0.717) is 33.7 Å². The predicted molar refractivity (Wildman–Crippen MR) is 106 cm³/mol. The van der Waals surface area contributed by atoms with Gasteiger partial charge in [0.05, 0.1) is 11.1 Å². The highest BCUT2D eigenvalue weighted by atomic mass is 19.3. The third-order valence-electron chi connectivity index (χ3n) is 5.46. The lowest BCUT2D eigenvalue weighted by Gasteiger charge is -2.31. The molecule has 4 aromatic rings. The van der Waals surface area contributed by atoms with Crippen LogP contribution in [-0.4, -0.2) is 54.6 Å². The third kappa shape index (κ3) is 3.54. The van der Waals surface area contributed by atoms with Crippen LogP contribution in [0.5, 0.6) is 0 Å². The van der Waals surface area contributed by atoms with Crippen molar-refractivity contribution in [3.8, 4) is 17.1 Å². The first-order valence-electron chi connectivity index (χ1n) is 9.71. The number of hydrogen-bond acceptors (Lipinski definition) is 4. The fraction of sp³-hybridized carbons (Fsp3) is 0.238. The molecule has 0 radical (unpaired) electrons. The Labute approximate surface area is 174 Å². The normalized spacial score (nSPS) is 16.0. The van der Waals surface area contributed by atoms with Crippen molar-refractivity contribution in [1.29, 1.82) is 0 Å². The number of piperidine rings is 1. The molecule has 1 aromatic carbocycles. The monoisotopic (exact) mass is 426 g/mol. The number of H-pyrrole nitrogens is 1. The van der Waals surface area contributed by atoms with Gasteiger partial charge in [0.2, 0.25) is 0 Å². The van der Waals surface area contributed by atoms with Crippen LogP contribution in [0.2, 0.25) is 0 Å².